The molecule has 0 aliphatic rings. The SMILES string of the molecule is CCCCCCNC(=S)NCCc1ccccc1. The lowest BCUT2D eigenvalue weighted by atomic mass is 10.1. The van der Waals surface area contributed by atoms with E-state index in [1.165, 1.54) is 31.2 Å². The highest BCUT2D eigenvalue weighted by molar-refractivity contribution is 7.80. The molecule has 0 unspecified atom stereocenters. The van der Waals surface area contributed by atoms with Crippen LogP contribution in [0.5, 0.6) is 0 Å². The van der Waals surface area contributed by atoms with Gasteiger partial charge in [0.2, 0.25) is 0 Å². The Labute approximate surface area is 116 Å². The van der Waals surface area contributed by atoms with E-state index in [9.17, 15) is 0 Å². The van der Waals surface area contributed by atoms with Gasteiger partial charge in [0.25, 0.3) is 0 Å². The number of rotatable bonds is 8. The van der Waals surface area contributed by atoms with Crippen LogP contribution >= 0.6 is 12.2 Å². The molecule has 0 radical (unpaired) electrons. The van der Waals surface area contributed by atoms with Gasteiger partial charge in [-0.2, -0.15) is 0 Å². The Balaban J connectivity index is 2.00. The number of nitrogens with one attached hydrogen (secondary N) is 2. The lowest BCUT2D eigenvalue weighted by molar-refractivity contribution is 0.650. The summed E-state index contributed by atoms with van der Waals surface area (Å²) in [5.41, 5.74) is 1.34. The topological polar surface area (TPSA) is 24.1 Å². The standard InChI is InChI=1S/C15H24N2S/c1-2-3-4-8-12-16-15(18)17-13-11-14-9-6-5-7-10-14/h5-7,9-10H,2-4,8,11-13H2,1H3,(H2,16,17,18). The number of unbranched alkanes of at least 4 members (excludes halogenated alkanes) is 3. The molecule has 3 heteroatoms. The van der Waals surface area contributed by atoms with Gasteiger partial charge < -0.3 is 10.6 Å². The maximum atomic E-state index is 5.23. The van der Waals surface area contributed by atoms with Crippen molar-refractivity contribution in [2.75, 3.05) is 13.1 Å². The van der Waals surface area contributed by atoms with Crippen LogP contribution in [0.2, 0.25) is 0 Å². The van der Waals surface area contributed by atoms with Gasteiger partial charge in [0.1, 0.15) is 0 Å². The molecule has 0 fully saturated rings. The monoisotopic (exact) mass is 264 g/mol. The molecule has 0 aliphatic heterocycles. The van der Waals surface area contributed by atoms with Crippen LogP contribution in [0.4, 0.5) is 0 Å². The molecule has 0 saturated carbocycles. The van der Waals surface area contributed by atoms with Crippen molar-refractivity contribution in [1.29, 1.82) is 0 Å². The van der Waals surface area contributed by atoms with Gasteiger partial charge in [0.15, 0.2) is 5.11 Å². The van der Waals surface area contributed by atoms with Crippen LogP contribution in [0.25, 0.3) is 0 Å². The van der Waals surface area contributed by atoms with Gasteiger partial charge in [-0.25, -0.2) is 0 Å². The van der Waals surface area contributed by atoms with Crippen molar-refractivity contribution in [2.24, 2.45) is 0 Å². The summed E-state index contributed by atoms with van der Waals surface area (Å²) in [6.45, 7) is 4.10. The fraction of sp³-hybridized carbons (Fsp3) is 0.533. The number of hydrogen-bond acceptors (Lipinski definition) is 1. The van der Waals surface area contributed by atoms with Crippen LogP contribution in [0.15, 0.2) is 30.3 Å². The molecule has 2 nitrogen and oxygen atoms in total. The molecule has 0 amide bonds. The molecule has 0 aliphatic carbocycles. The number of thiocarbonyl (C=S) groups is 1. The molecule has 0 bridgehead atoms. The van der Waals surface area contributed by atoms with Gasteiger partial charge in [-0.15, -0.1) is 0 Å². The van der Waals surface area contributed by atoms with Gasteiger partial charge in [-0.05, 0) is 30.6 Å². The van der Waals surface area contributed by atoms with Crippen molar-refractivity contribution in [3.05, 3.63) is 35.9 Å². The highest BCUT2D eigenvalue weighted by Crippen LogP contribution is 1.98. The summed E-state index contributed by atoms with van der Waals surface area (Å²) in [5.74, 6) is 0. The van der Waals surface area contributed by atoms with Crippen molar-refractivity contribution >= 4 is 17.3 Å². The first-order valence-corrected chi connectivity index (χ1v) is 7.29. The molecule has 0 heterocycles. The van der Waals surface area contributed by atoms with Crippen molar-refractivity contribution in [1.82, 2.24) is 10.6 Å². The van der Waals surface area contributed by atoms with Gasteiger partial charge in [0, 0.05) is 13.1 Å². The predicted molar refractivity (Wildman–Crippen MR) is 82.9 cm³/mol. The Bertz CT molecular complexity index is 325. The van der Waals surface area contributed by atoms with Crippen molar-refractivity contribution < 1.29 is 0 Å². The van der Waals surface area contributed by atoms with Gasteiger partial charge in [-0.3, -0.25) is 0 Å². The minimum Gasteiger partial charge on any atom is -0.363 e. The largest absolute Gasteiger partial charge is 0.363 e. The van der Waals surface area contributed by atoms with E-state index in [1.807, 2.05) is 6.07 Å². The summed E-state index contributed by atoms with van der Waals surface area (Å²) in [5, 5.41) is 7.27. The quantitative estimate of drug-likeness (QED) is 0.556. The zero-order valence-corrected chi connectivity index (χ0v) is 12.1. The van der Waals surface area contributed by atoms with Crippen LogP contribution < -0.4 is 10.6 Å². The smallest absolute Gasteiger partial charge is 0.166 e. The van der Waals surface area contributed by atoms with E-state index in [4.69, 9.17) is 12.2 Å². The van der Waals surface area contributed by atoms with Crippen LogP contribution in [-0.2, 0) is 6.42 Å². The van der Waals surface area contributed by atoms with Crippen LogP contribution in [0, 0.1) is 0 Å². The molecule has 100 valence electrons. The van der Waals surface area contributed by atoms with Crippen molar-refractivity contribution in [2.45, 2.75) is 39.0 Å². The van der Waals surface area contributed by atoms with Gasteiger partial charge >= 0.3 is 0 Å². The maximum Gasteiger partial charge on any atom is 0.166 e. The molecule has 1 aromatic rings. The highest BCUT2D eigenvalue weighted by atomic mass is 32.1. The first-order valence-electron chi connectivity index (χ1n) is 6.88. The molecule has 0 aromatic heterocycles. The molecule has 2 N–H and O–H groups in total. The Morgan fingerprint density at radius 3 is 2.44 bits per heavy atom. The minimum atomic E-state index is 0.780. The minimum absolute atomic E-state index is 0.780. The summed E-state index contributed by atoms with van der Waals surface area (Å²) in [6, 6.07) is 10.5. The first-order chi connectivity index (χ1) is 8.83. The van der Waals surface area contributed by atoms with Gasteiger partial charge in [0.05, 0.1) is 0 Å². The lowest BCUT2D eigenvalue weighted by Gasteiger charge is -2.10. The fourth-order valence-electron chi connectivity index (χ4n) is 1.78. The predicted octanol–water partition coefficient (Wildman–Crippen LogP) is 3.27. The zero-order chi connectivity index (χ0) is 13.1. The molecule has 0 spiro atoms. The van der Waals surface area contributed by atoms with Gasteiger partial charge in [-0.1, -0.05) is 56.5 Å². The van der Waals surface area contributed by atoms with Crippen LogP contribution in [0.3, 0.4) is 0 Å². The Morgan fingerprint density at radius 1 is 1.00 bits per heavy atom. The average Bonchev–Trinajstić information content (AvgIpc) is 2.40. The third kappa shape index (κ3) is 7.28. The molecular weight excluding hydrogens is 240 g/mol. The Hall–Kier alpha value is -1.09. The molecule has 1 rings (SSSR count). The van der Waals surface area contributed by atoms with Crippen LogP contribution in [0.1, 0.15) is 38.2 Å². The summed E-state index contributed by atoms with van der Waals surface area (Å²) < 4.78 is 0. The van der Waals surface area contributed by atoms with E-state index in [0.29, 0.717) is 0 Å². The van der Waals surface area contributed by atoms with E-state index >= 15 is 0 Å². The van der Waals surface area contributed by atoms with Crippen molar-refractivity contribution in [3.63, 3.8) is 0 Å². The third-order valence-corrected chi connectivity index (χ3v) is 3.15. The second-order valence-corrected chi connectivity index (χ2v) is 4.89. The lowest BCUT2D eigenvalue weighted by Crippen LogP contribution is -2.36. The molecule has 1 aromatic carbocycles. The van der Waals surface area contributed by atoms with E-state index < -0.39 is 0 Å². The Kier molecular flexibility index (Phi) is 8.23. The van der Waals surface area contributed by atoms with Crippen LogP contribution in [-0.4, -0.2) is 18.2 Å². The van der Waals surface area contributed by atoms with E-state index in [0.717, 1.165) is 24.6 Å². The Morgan fingerprint density at radius 2 is 1.72 bits per heavy atom. The molecular formula is C15H24N2S. The molecule has 0 atom stereocenters. The fourth-order valence-corrected chi connectivity index (χ4v) is 1.99. The summed E-state index contributed by atoms with van der Waals surface area (Å²) in [7, 11) is 0. The van der Waals surface area contributed by atoms with E-state index in [1.54, 1.807) is 0 Å². The second-order valence-electron chi connectivity index (χ2n) is 4.48. The number of hydrogen-bond donors (Lipinski definition) is 2. The third-order valence-electron chi connectivity index (χ3n) is 2.86. The summed E-state index contributed by atoms with van der Waals surface area (Å²) >= 11 is 5.23. The number of benzene rings is 1. The molecule has 0 saturated heterocycles. The summed E-state index contributed by atoms with van der Waals surface area (Å²) in [6.07, 6.45) is 6.10. The second kappa shape index (κ2) is 9.89. The van der Waals surface area contributed by atoms with E-state index in [2.05, 4.69) is 41.8 Å². The zero-order valence-electron chi connectivity index (χ0n) is 11.2. The highest BCUT2D eigenvalue weighted by Gasteiger charge is 1.95. The maximum absolute atomic E-state index is 5.23. The first kappa shape index (κ1) is 15.0. The van der Waals surface area contributed by atoms with E-state index in [-0.39, 0.29) is 0 Å². The summed E-state index contributed by atoms with van der Waals surface area (Å²) in [4.78, 5) is 0. The van der Waals surface area contributed by atoms with Crippen molar-refractivity contribution in [3.8, 4) is 0 Å². The normalized spacial score (nSPS) is 10.1. The molecule has 18 heavy (non-hydrogen) atoms. The average molecular weight is 264 g/mol.